The lowest BCUT2D eigenvalue weighted by atomic mass is 9.80. The van der Waals surface area contributed by atoms with Crippen LogP contribution in [0.25, 0.3) is 0 Å². The highest BCUT2D eigenvalue weighted by atomic mass is 32.2. The van der Waals surface area contributed by atoms with Gasteiger partial charge in [0.05, 0.1) is 0 Å². The highest BCUT2D eigenvalue weighted by molar-refractivity contribution is 7.98. The molecular formula is C12H22N2O3S. The summed E-state index contributed by atoms with van der Waals surface area (Å²) in [5.41, 5.74) is -0.432. The first-order chi connectivity index (χ1) is 8.49. The number of nitrogens with one attached hydrogen (secondary N) is 2. The molecule has 5 nitrogen and oxygen atoms in total. The van der Waals surface area contributed by atoms with Crippen LogP contribution in [0.1, 0.15) is 26.2 Å². The van der Waals surface area contributed by atoms with Gasteiger partial charge in [-0.05, 0) is 44.4 Å². The Morgan fingerprint density at radius 1 is 1.44 bits per heavy atom. The van der Waals surface area contributed by atoms with Crippen LogP contribution < -0.4 is 10.6 Å². The number of aliphatic carboxylic acids is 1. The Balaban J connectivity index is 2.56. The van der Waals surface area contributed by atoms with Crippen LogP contribution in [-0.4, -0.2) is 48.1 Å². The third-order valence-electron chi connectivity index (χ3n) is 3.47. The summed E-state index contributed by atoms with van der Waals surface area (Å²) >= 11 is 1.58. The molecule has 1 heterocycles. The smallest absolute Gasteiger partial charge is 0.326 e. The molecule has 0 saturated carbocycles. The van der Waals surface area contributed by atoms with Crippen molar-refractivity contribution in [2.24, 2.45) is 5.41 Å². The van der Waals surface area contributed by atoms with Crippen molar-refractivity contribution < 1.29 is 14.7 Å². The summed E-state index contributed by atoms with van der Waals surface area (Å²) in [6.45, 7) is 3.54. The van der Waals surface area contributed by atoms with Crippen molar-refractivity contribution in [3.63, 3.8) is 0 Å². The first-order valence-electron chi connectivity index (χ1n) is 6.23. The fourth-order valence-corrected chi connectivity index (χ4v) is 2.50. The zero-order valence-electron chi connectivity index (χ0n) is 11.0. The highest BCUT2D eigenvalue weighted by Gasteiger charge is 2.36. The van der Waals surface area contributed by atoms with Gasteiger partial charge in [-0.25, -0.2) is 4.79 Å². The molecule has 1 aliphatic heterocycles. The predicted octanol–water partition coefficient (Wildman–Crippen LogP) is 0.699. The van der Waals surface area contributed by atoms with Crippen LogP contribution in [0, 0.1) is 5.41 Å². The standard InChI is InChI=1S/C12H22N2O3S/c1-12(4-6-13-7-5-12)11(17)14-9(10(15)16)3-8-18-2/h9,13H,3-8H2,1-2H3,(H,14,17)(H,15,16). The van der Waals surface area contributed by atoms with Crippen LogP contribution in [0.3, 0.4) is 0 Å². The van der Waals surface area contributed by atoms with Crippen LogP contribution in [0.15, 0.2) is 0 Å². The molecule has 1 fully saturated rings. The van der Waals surface area contributed by atoms with E-state index in [9.17, 15) is 9.59 Å². The van der Waals surface area contributed by atoms with Crippen molar-refractivity contribution in [1.82, 2.24) is 10.6 Å². The number of carboxylic acid groups (broad SMARTS) is 1. The molecule has 0 bridgehead atoms. The number of carbonyl (C=O) groups is 2. The fourth-order valence-electron chi connectivity index (χ4n) is 2.03. The normalized spacial score (nSPS) is 20.1. The van der Waals surface area contributed by atoms with E-state index in [4.69, 9.17) is 5.11 Å². The van der Waals surface area contributed by atoms with Crippen molar-refractivity contribution in [2.75, 3.05) is 25.1 Å². The van der Waals surface area contributed by atoms with Crippen molar-refractivity contribution in [3.05, 3.63) is 0 Å². The van der Waals surface area contributed by atoms with Crippen LogP contribution >= 0.6 is 11.8 Å². The Morgan fingerprint density at radius 2 is 2.06 bits per heavy atom. The van der Waals surface area contributed by atoms with Crippen LogP contribution in [0.2, 0.25) is 0 Å². The van der Waals surface area contributed by atoms with Gasteiger partial charge < -0.3 is 15.7 Å². The lowest BCUT2D eigenvalue weighted by Gasteiger charge is -2.33. The maximum Gasteiger partial charge on any atom is 0.326 e. The van der Waals surface area contributed by atoms with Crippen LogP contribution in [-0.2, 0) is 9.59 Å². The lowest BCUT2D eigenvalue weighted by Crippen LogP contribution is -2.51. The van der Waals surface area contributed by atoms with Gasteiger partial charge in [-0.1, -0.05) is 6.92 Å². The number of amides is 1. The second-order valence-corrected chi connectivity index (χ2v) is 5.94. The molecule has 0 radical (unpaired) electrons. The number of thioether (sulfide) groups is 1. The Morgan fingerprint density at radius 3 is 2.56 bits per heavy atom. The molecule has 0 aliphatic carbocycles. The summed E-state index contributed by atoms with van der Waals surface area (Å²) in [5, 5.41) is 15.0. The summed E-state index contributed by atoms with van der Waals surface area (Å²) in [4.78, 5) is 23.3. The molecule has 3 N–H and O–H groups in total. The first kappa shape index (κ1) is 15.3. The van der Waals surface area contributed by atoms with E-state index in [1.54, 1.807) is 11.8 Å². The summed E-state index contributed by atoms with van der Waals surface area (Å²) in [6, 6.07) is -0.767. The average Bonchev–Trinajstić information content (AvgIpc) is 2.34. The number of rotatable bonds is 6. The third kappa shape index (κ3) is 4.17. The van der Waals surface area contributed by atoms with E-state index in [-0.39, 0.29) is 5.91 Å². The summed E-state index contributed by atoms with van der Waals surface area (Å²) in [6.07, 6.45) is 3.91. The van der Waals surface area contributed by atoms with Gasteiger partial charge in [-0.3, -0.25) is 4.79 Å². The minimum Gasteiger partial charge on any atom is -0.480 e. The zero-order chi connectivity index (χ0) is 13.6. The van der Waals surface area contributed by atoms with E-state index in [0.29, 0.717) is 6.42 Å². The number of piperidine rings is 1. The van der Waals surface area contributed by atoms with Gasteiger partial charge >= 0.3 is 5.97 Å². The van der Waals surface area contributed by atoms with Crippen molar-refractivity contribution >= 4 is 23.6 Å². The zero-order valence-corrected chi connectivity index (χ0v) is 11.8. The number of carboxylic acids is 1. The van der Waals surface area contributed by atoms with Gasteiger partial charge in [0.25, 0.3) is 0 Å². The number of carbonyl (C=O) groups excluding carboxylic acids is 1. The topological polar surface area (TPSA) is 78.4 Å². The fraction of sp³-hybridized carbons (Fsp3) is 0.833. The molecule has 1 atom stereocenters. The third-order valence-corrected chi connectivity index (χ3v) is 4.11. The Bertz CT molecular complexity index is 304. The van der Waals surface area contributed by atoms with Crippen molar-refractivity contribution in [3.8, 4) is 0 Å². The molecule has 0 aromatic heterocycles. The molecule has 6 heteroatoms. The minimum atomic E-state index is -0.949. The summed E-state index contributed by atoms with van der Waals surface area (Å²) in [7, 11) is 0. The van der Waals surface area contributed by atoms with E-state index in [1.165, 1.54) is 0 Å². The van der Waals surface area contributed by atoms with E-state index < -0.39 is 17.4 Å². The lowest BCUT2D eigenvalue weighted by molar-refractivity contribution is -0.144. The number of hydrogen-bond donors (Lipinski definition) is 3. The molecule has 0 aromatic rings. The maximum absolute atomic E-state index is 12.2. The molecule has 0 aromatic carbocycles. The van der Waals surface area contributed by atoms with Crippen molar-refractivity contribution in [2.45, 2.75) is 32.2 Å². The van der Waals surface area contributed by atoms with Gasteiger partial charge in [0, 0.05) is 5.41 Å². The Kier molecular flexibility index (Phi) is 5.95. The minimum absolute atomic E-state index is 0.127. The maximum atomic E-state index is 12.2. The van der Waals surface area contributed by atoms with Gasteiger partial charge in [-0.15, -0.1) is 0 Å². The molecule has 104 valence electrons. The number of hydrogen-bond acceptors (Lipinski definition) is 4. The highest BCUT2D eigenvalue weighted by Crippen LogP contribution is 2.28. The SMILES string of the molecule is CSCCC(NC(=O)C1(C)CCNCC1)C(=O)O. The first-order valence-corrected chi connectivity index (χ1v) is 7.62. The van der Waals surface area contributed by atoms with Crippen LogP contribution in [0.5, 0.6) is 0 Å². The molecule has 1 amide bonds. The van der Waals surface area contributed by atoms with Crippen molar-refractivity contribution in [1.29, 1.82) is 0 Å². The van der Waals surface area contributed by atoms with Gasteiger partial charge in [0.15, 0.2) is 0 Å². The van der Waals surface area contributed by atoms with E-state index >= 15 is 0 Å². The van der Waals surface area contributed by atoms with Crippen LogP contribution in [0.4, 0.5) is 0 Å². The van der Waals surface area contributed by atoms with E-state index in [0.717, 1.165) is 31.7 Å². The molecular weight excluding hydrogens is 252 g/mol. The molecule has 1 rings (SSSR count). The second kappa shape index (κ2) is 6.99. The average molecular weight is 274 g/mol. The van der Waals surface area contributed by atoms with Gasteiger partial charge in [-0.2, -0.15) is 11.8 Å². The molecule has 0 spiro atoms. The second-order valence-electron chi connectivity index (χ2n) is 4.96. The Labute approximate surface area is 112 Å². The quantitative estimate of drug-likeness (QED) is 0.664. The largest absolute Gasteiger partial charge is 0.480 e. The monoisotopic (exact) mass is 274 g/mol. The summed E-state index contributed by atoms with van der Waals surface area (Å²) in [5.74, 6) is -0.345. The van der Waals surface area contributed by atoms with E-state index in [1.807, 2.05) is 13.2 Å². The Hall–Kier alpha value is -0.750. The summed E-state index contributed by atoms with van der Waals surface area (Å²) < 4.78 is 0. The molecule has 1 aliphatic rings. The van der Waals surface area contributed by atoms with E-state index in [2.05, 4.69) is 10.6 Å². The molecule has 18 heavy (non-hydrogen) atoms. The van der Waals surface area contributed by atoms with Gasteiger partial charge in [0.1, 0.15) is 6.04 Å². The van der Waals surface area contributed by atoms with Gasteiger partial charge in [0.2, 0.25) is 5.91 Å². The predicted molar refractivity (Wildman–Crippen MR) is 72.8 cm³/mol. The molecule has 1 unspecified atom stereocenters. The molecule has 1 saturated heterocycles.